The summed E-state index contributed by atoms with van der Waals surface area (Å²) >= 11 is 0. The van der Waals surface area contributed by atoms with Gasteiger partial charge in [0.05, 0.1) is 7.11 Å². The molecule has 24 heavy (non-hydrogen) atoms. The zero-order valence-electron chi connectivity index (χ0n) is 13.6. The van der Waals surface area contributed by atoms with Crippen molar-refractivity contribution in [3.8, 4) is 5.75 Å². The van der Waals surface area contributed by atoms with Gasteiger partial charge in [-0.05, 0) is 36.8 Å². The molecule has 1 atom stereocenters. The van der Waals surface area contributed by atoms with Crippen LogP contribution < -0.4 is 4.18 Å². The van der Waals surface area contributed by atoms with E-state index in [1.807, 2.05) is 6.92 Å². The van der Waals surface area contributed by atoms with E-state index in [4.69, 9.17) is 8.92 Å². The molecule has 0 bridgehead atoms. The van der Waals surface area contributed by atoms with E-state index in [9.17, 15) is 13.2 Å². The first kappa shape index (κ1) is 18.0. The molecular weight excluding hydrogens is 332 g/mol. The number of hydrogen-bond donors (Lipinski definition) is 0. The van der Waals surface area contributed by atoms with Crippen molar-refractivity contribution in [1.29, 1.82) is 0 Å². The van der Waals surface area contributed by atoms with Crippen LogP contribution in [0, 0.1) is 6.92 Å². The normalized spacial score (nSPS) is 12.5. The number of hydrogen-bond acceptors (Lipinski definition) is 6. The Morgan fingerprint density at radius 1 is 1.04 bits per heavy atom. The molecule has 0 spiro atoms. The van der Waals surface area contributed by atoms with Gasteiger partial charge in [0.2, 0.25) is 0 Å². The number of carbonyl (C=O) groups excluding carboxylic acids is 1. The Labute approximate surface area is 141 Å². The first-order chi connectivity index (χ1) is 11.4. The highest BCUT2D eigenvalue weighted by atomic mass is 32.2. The number of esters is 1. The first-order valence-corrected chi connectivity index (χ1v) is 8.50. The van der Waals surface area contributed by atoms with Crippen LogP contribution in [0.25, 0.3) is 0 Å². The third kappa shape index (κ3) is 4.12. The Kier molecular flexibility index (Phi) is 5.58. The third-order valence-electron chi connectivity index (χ3n) is 3.33. The molecule has 0 fully saturated rings. The molecule has 0 N–H and O–H groups in total. The van der Waals surface area contributed by atoms with Gasteiger partial charge in [0, 0.05) is 7.11 Å². The molecule has 6 nitrogen and oxygen atoms in total. The Balaban J connectivity index is 2.28. The zero-order chi connectivity index (χ0) is 17.7. The zero-order valence-corrected chi connectivity index (χ0v) is 14.4. The minimum absolute atomic E-state index is 0.0507. The van der Waals surface area contributed by atoms with Crippen LogP contribution in [0.4, 0.5) is 0 Å². The fraction of sp³-hybridized carbons (Fsp3) is 0.235. The van der Waals surface area contributed by atoms with Crippen molar-refractivity contribution in [2.45, 2.75) is 17.9 Å². The molecule has 2 aromatic rings. The number of methoxy groups -OCH3 is 2. The average molecular weight is 350 g/mol. The van der Waals surface area contributed by atoms with Crippen molar-refractivity contribution in [3.63, 3.8) is 0 Å². The standard InChI is InChI=1S/C17H18O6S/c1-12-7-9-15(10-8-12)24(19,20)23-14-6-4-5-13(11-14)16(21-2)17(18)22-3/h4-11,16H,1-3H3. The lowest BCUT2D eigenvalue weighted by Gasteiger charge is -2.14. The predicted octanol–water partition coefficient (Wildman–Crippen LogP) is 2.62. The van der Waals surface area contributed by atoms with Crippen LogP contribution in [0.3, 0.4) is 0 Å². The quantitative estimate of drug-likeness (QED) is 0.589. The molecular formula is C17H18O6S. The molecule has 2 aromatic carbocycles. The van der Waals surface area contributed by atoms with E-state index < -0.39 is 22.2 Å². The van der Waals surface area contributed by atoms with Crippen LogP contribution in [0.5, 0.6) is 5.75 Å². The second kappa shape index (κ2) is 7.46. The molecule has 0 aromatic heterocycles. The molecule has 7 heteroatoms. The van der Waals surface area contributed by atoms with Gasteiger partial charge in [-0.2, -0.15) is 8.42 Å². The van der Waals surface area contributed by atoms with Gasteiger partial charge in [-0.15, -0.1) is 0 Å². The van der Waals surface area contributed by atoms with Crippen LogP contribution >= 0.6 is 0 Å². The summed E-state index contributed by atoms with van der Waals surface area (Å²) in [5, 5.41) is 0. The van der Waals surface area contributed by atoms with Gasteiger partial charge in [0.25, 0.3) is 0 Å². The summed E-state index contributed by atoms with van der Waals surface area (Å²) in [4.78, 5) is 11.7. The van der Waals surface area contributed by atoms with Crippen molar-refractivity contribution >= 4 is 16.1 Å². The van der Waals surface area contributed by atoms with E-state index in [1.54, 1.807) is 24.3 Å². The van der Waals surface area contributed by atoms with Crippen molar-refractivity contribution < 1.29 is 26.9 Å². The molecule has 2 rings (SSSR count). The lowest BCUT2D eigenvalue weighted by molar-refractivity contribution is -0.152. The second-order valence-electron chi connectivity index (χ2n) is 5.06. The molecule has 0 aliphatic rings. The number of ether oxygens (including phenoxy) is 2. The minimum atomic E-state index is -3.96. The highest BCUT2D eigenvalue weighted by Crippen LogP contribution is 2.25. The van der Waals surface area contributed by atoms with Crippen LogP contribution in [-0.2, 0) is 24.4 Å². The lowest BCUT2D eigenvalue weighted by atomic mass is 10.1. The fourth-order valence-electron chi connectivity index (χ4n) is 2.08. The molecule has 128 valence electrons. The largest absolute Gasteiger partial charge is 0.467 e. The molecule has 0 amide bonds. The average Bonchev–Trinajstić information content (AvgIpc) is 2.55. The number of aryl methyl sites for hydroxylation is 1. The van der Waals surface area contributed by atoms with Crippen LogP contribution in [0.2, 0.25) is 0 Å². The van der Waals surface area contributed by atoms with Crippen LogP contribution in [0.1, 0.15) is 17.2 Å². The van der Waals surface area contributed by atoms with Crippen LogP contribution in [-0.4, -0.2) is 28.6 Å². The van der Waals surface area contributed by atoms with Crippen molar-refractivity contribution in [2.75, 3.05) is 14.2 Å². The Bertz CT molecular complexity index is 811. The Hall–Kier alpha value is -2.38. The Morgan fingerprint density at radius 3 is 2.29 bits per heavy atom. The van der Waals surface area contributed by atoms with E-state index in [0.717, 1.165) is 5.56 Å². The van der Waals surface area contributed by atoms with Gasteiger partial charge < -0.3 is 13.7 Å². The first-order valence-electron chi connectivity index (χ1n) is 7.09. The summed E-state index contributed by atoms with van der Waals surface area (Å²) < 4.78 is 39.5. The van der Waals surface area contributed by atoms with E-state index in [1.165, 1.54) is 38.5 Å². The van der Waals surface area contributed by atoms with Gasteiger partial charge in [0.1, 0.15) is 10.6 Å². The smallest absolute Gasteiger partial charge is 0.339 e. The third-order valence-corrected chi connectivity index (χ3v) is 4.59. The SMILES string of the molecule is COC(=O)C(OC)c1cccc(OS(=O)(=O)c2ccc(C)cc2)c1. The van der Waals surface area contributed by atoms with E-state index in [2.05, 4.69) is 4.74 Å². The van der Waals surface area contributed by atoms with Crippen molar-refractivity contribution in [3.05, 3.63) is 59.7 Å². The summed E-state index contributed by atoms with van der Waals surface area (Å²) in [6.07, 6.45) is -0.958. The van der Waals surface area contributed by atoms with Gasteiger partial charge in [-0.25, -0.2) is 4.79 Å². The molecule has 0 aliphatic carbocycles. The topological polar surface area (TPSA) is 78.9 Å². The predicted molar refractivity (Wildman–Crippen MR) is 87.2 cm³/mol. The molecule has 0 heterocycles. The van der Waals surface area contributed by atoms with Gasteiger partial charge >= 0.3 is 16.1 Å². The monoisotopic (exact) mass is 350 g/mol. The van der Waals surface area contributed by atoms with Crippen molar-refractivity contribution in [1.82, 2.24) is 0 Å². The van der Waals surface area contributed by atoms with Gasteiger partial charge in [-0.1, -0.05) is 29.8 Å². The van der Waals surface area contributed by atoms with Crippen molar-refractivity contribution in [2.24, 2.45) is 0 Å². The maximum Gasteiger partial charge on any atom is 0.339 e. The summed E-state index contributed by atoms with van der Waals surface area (Å²) in [5.41, 5.74) is 1.37. The second-order valence-corrected chi connectivity index (χ2v) is 6.61. The van der Waals surface area contributed by atoms with Crippen LogP contribution in [0.15, 0.2) is 53.4 Å². The fourth-order valence-corrected chi connectivity index (χ4v) is 3.01. The minimum Gasteiger partial charge on any atom is -0.467 e. The highest BCUT2D eigenvalue weighted by molar-refractivity contribution is 7.87. The van der Waals surface area contributed by atoms with Gasteiger partial charge in [0.15, 0.2) is 6.10 Å². The summed E-state index contributed by atoms with van der Waals surface area (Å²) in [6, 6.07) is 12.4. The van der Waals surface area contributed by atoms with E-state index >= 15 is 0 Å². The maximum absolute atomic E-state index is 12.3. The number of carbonyl (C=O) groups is 1. The summed E-state index contributed by atoms with van der Waals surface area (Å²) in [7, 11) is -1.36. The molecule has 0 radical (unpaired) electrons. The summed E-state index contributed by atoms with van der Waals surface area (Å²) in [5.74, 6) is -0.505. The molecule has 1 unspecified atom stereocenters. The lowest BCUT2D eigenvalue weighted by Crippen LogP contribution is -2.16. The van der Waals surface area contributed by atoms with Gasteiger partial charge in [-0.3, -0.25) is 0 Å². The van der Waals surface area contributed by atoms with E-state index in [0.29, 0.717) is 5.56 Å². The molecule has 0 saturated carbocycles. The summed E-state index contributed by atoms with van der Waals surface area (Å²) in [6.45, 7) is 1.86. The Morgan fingerprint density at radius 2 is 1.71 bits per heavy atom. The maximum atomic E-state index is 12.3. The highest BCUT2D eigenvalue weighted by Gasteiger charge is 2.22. The molecule has 0 saturated heterocycles. The number of rotatable bonds is 6. The van der Waals surface area contributed by atoms with E-state index in [-0.39, 0.29) is 10.6 Å². The number of benzene rings is 2. The molecule has 0 aliphatic heterocycles.